The first-order valence-corrected chi connectivity index (χ1v) is 6.61. The molecule has 0 saturated carbocycles. The Morgan fingerprint density at radius 3 is 2.82 bits per heavy atom. The smallest absolute Gasteiger partial charge is 0.132 e. The molecule has 0 spiro atoms. The van der Waals surface area contributed by atoms with Crippen LogP contribution in [0.4, 0.5) is 5.69 Å². The van der Waals surface area contributed by atoms with Gasteiger partial charge < -0.3 is 5.73 Å². The second-order valence-electron chi connectivity index (χ2n) is 3.84. The normalized spacial score (nSPS) is 10.5. The maximum atomic E-state index is 5.85. The summed E-state index contributed by atoms with van der Waals surface area (Å²) in [6, 6.07) is 11.9. The van der Waals surface area contributed by atoms with Crippen molar-refractivity contribution in [1.29, 1.82) is 0 Å². The predicted molar refractivity (Wildman–Crippen MR) is 74.4 cm³/mol. The van der Waals surface area contributed by atoms with Gasteiger partial charge in [-0.3, -0.25) is 0 Å². The Bertz CT molecular complexity index is 508. The lowest BCUT2D eigenvalue weighted by Crippen LogP contribution is -1.89. The Hall–Kier alpha value is -1.19. The number of aryl methyl sites for hydroxylation is 1. The lowest BCUT2D eigenvalue weighted by Gasteiger charge is -2.04. The highest BCUT2D eigenvalue weighted by atomic mass is 35.5. The summed E-state index contributed by atoms with van der Waals surface area (Å²) >= 11 is 7.49. The van der Waals surface area contributed by atoms with Gasteiger partial charge in [0, 0.05) is 11.4 Å². The summed E-state index contributed by atoms with van der Waals surface area (Å²) in [5, 5.41) is 1.30. The van der Waals surface area contributed by atoms with Crippen LogP contribution in [0.1, 0.15) is 11.1 Å². The first kappa shape index (κ1) is 12.3. The third kappa shape index (κ3) is 3.65. The van der Waals surface area contributed by atoms with E-state index >= 15 is 0 Å². The number of pyridine rings is 1. The van der Waals surface area contributed by atoms with Crippen LogP contribution < -0.4 is 5.73 Å². The van der Waals surface area contributed by atoms with E-state index in [0.717, 1.165) is 10.8 Å². The minimum Gasteiger partial charge on any atom is -0.399 e. The predicted octanol–water partition coefficient (Wildman–Crippen LogP) is 3.92. The first-order chi connectivity index (χ1) is 8.13. The maximum Gasteiger partial charge on any atom is 0.132 e. The van der Waals surface area contributed by atoms with E-state index in [-0.39, 0.29) is 0 Å². The van der Waals surface area contributed by atoms with Crippen LogP contribution in [0.15, 0.2) is 41.4 Å². The third-order valence-electron chi connectivity index (χ3n) is 2.26. The van der Waals surface area contributed by atoms with Crippen molar-refractivity contribution in [2.75, 3.05) is 5.73 Å². The van der Waals surface area contributed by atoms with E-state index in [1.807, 2.05) is 6.07 Å². The number of nitrogen functional groups attached to an aromatic ring is 1. The van der Waals surface area contributed by atoms with Gasteiger partial charge in [0.2, 0.25) is 0 Å². The van der Waals surface area contributed by atoms with Crippen LogP contribution in [-0.2, 0) is 5.75 Å². The Balaban J connectivity index is 2.07. The van der Waals surface area contributed by atoms with Crippen LogP contribution in [-0.4, -0.2) is 4.98 Å². The van der Waals surface area contributed by atoms with E-state index in [1.54, 1.807) is 17.8 Å². The number of halogens is 1. The van der Waals surface area contributed by atoms with Gasteiger partial charge in [0.05, 0.1) is 0 Å². The van der Waals surface area contributed by atoms with Crippen LogP contribution in [0.5, 0.6) is 0 Å². The average Bonchev–Trinajstić information content (AvgIpc) is 2.25. The van der Waals surface area contributed by atoms with Gasteiger partial charge in [0.25, 0.3) is 0 Å². The zero-order valence-corrected chi connectivity index (χ0v) is 11.1. The maximum absolute atomic E-state index is 5.85. The van der Waals surface area contributed by atoms with Gasteiger partial charge in [0.1, 0.15) is 10.2 Å². The molecule has 17 heavy (non-hydrogen) atoms. The third-order valence-corrected chi connectivity index (χ3v) is 3.44. The molecule has 0 aliphatic carbocycles. The first-order valence-electron chi connectivity index (χ1n) is 5.25. The number of aromatic nitrogens is 1. The van der Waals surface area contributed by atoms with E-state index in [2.05, 4.69) is 36.2 Å². The number of hydrogen-bond donors (Lipinski definition) is 1. The fourth-order valence-electron chi connectivity index (χ4n) is 1.52. The second kappa shape index (κ2) is 5.43. The Morgan fingerprint density at radius 1 is 1.29 bits per heavy atom. The SMILES string of the molecule is Cc1cccc(CSc2cc(N)cc(Cl)n2)c1. The molecule has 0 bridgehead atoms. The summed E-state index contributed by atoms with van der Waals surface area (Å²) < 4.78 is 0. The molecule has 4 heteroatoms. The van der Waals surface area contributed by atoms with Gasteiger partial charge in [-0.05, 0) is 24.6 Å². The molecule has 0 radical (unpaired) electrons. The molecule has 0 aliphatic rings. The minimum atomic E-state index is 0.441. The van der Waals surface area contributed by atoms with Crippen molar-refractivity contribution >= 4 is 29.1 Å². The molecule has 0 saturated heterocycles. The zero-order chi connectivity index (χ0) is 12.3. The topological polar surface area (TPSA) is 38.9 Å². The van der Waals surface area contributed by atoms with E-state index in [1.165, 1.54) is 11.1 Å². The number of nitrogens with zero attached hydrogens (tertiary/aromatic N) is 1. The van der Waals surface area contributed by atoms with Crippen molar-refractivity contribution in [2.45, 2.75) is 17.7 Å². The molecule has 1 aromatic carbocycles. The molecular formula is C13H13ClN2S. The van der Waals surface area contributed by atoms with Gasteiger partial charge in [-0.15, -0.1) is 11.8 Å². The molecule has 0 amide bonds. The number of hydrogen-bond acceptors (Lipinski definition) is 3. The molecule has 0 aliphatic heterocycles. The molecule has 1 aromatic heterocycles. The van der Waals surface area contributed by atoms with Crippen molar-refractivity contribution in [2.24, 2.45) is 0 Å². The van der Waals surface area contributed by atoms with Gasteiger partial charge in [-0.25, -0.2) is 4.98 Å². The molecule has 2 rings (SSSR count). The van der Waals surface area contributed by atoms with Crippen molar-refractivity contribution in [3.8, 4) is 0 Å². The summed E-state index contributed by atoms with van der Waals surface area (Å²) in [5.74, 6) is 0.870. The van der Waals surface area contributed by atoms with Crippen LogP contribution in [0, 0.1) is 6.92 Å². The zero-order valence-electron chi connectivity index (χ0n) is 9.48. The van der Waals surface area contributed by atoms with E-state index in [0.29, 0.717) is 10.8 Å². The molecule has 2 aromatic rings. The molecule has 1 heterocycles. The number of benzene rings is 1. The van der Waals surface area contributed by atoms with Gasteiger partial charge in [0.15, 0.2) is 0 Å². The summed E-state index contributed by atoms with van der Waals surface area (Å²) in [7, 11) is 0. The van der Waals surface area contributed by atoms with Crippen LogP contribution >= 0.6 is 23.4 Å². The molecule has 0 atom stereocenters. The van der Waals surface area contributed by atoms with Crippen molar-refractivity contribution in [1.82, 2.24) is 4.98 Å². The summed E-state index contributed by atoms with van der Waals surface area (Å²) in [5.41, 5.74) is 8.90. The van der Waals surface area contributed by atoms with Crippen LogP contribution in [0.25, 0.3) is 0 Å². The van der Waals surface area contributed by atoms with Crippen LogP contribution in [0.2, 0.25) is 5.15 Å². The second-order valence-corrected chi connectivity index (χ2v) is 5.22. The molecule has 88 valence electrons. The van der Waals surface area contributed by atoms with Crippen molar-refractivity contribution in [3.05, 3.63) is 52.7 Å². The van der Waals surface area contributed by atoms with Crippen molar-refractivity contribution < 1.29 is 0 Å². The van der Waals surface area contributed by atoms with E-state index in [4.69, 9.17) is 17.3 Å². The van der Waals surface area contributed by atoms with Gasteiger partial charge >= 0.3 is 0 Å². The van der Waals surface area contributed by atoms with Gasteiger partial charge in [-0.1, -0.05) is 41.4 Å². The standard InChI is InChI=1S/C13H13ClN2S/c1-9-3-2-4-10(5-9)8-17-13-7-11(15)6-12(14)16-13/h2-7H,8H2,1H3,(H2,15,16). The summed E-state index contributed by atoms with van der Waals surface area (Å²) in [4.78, 5) is 4.22. The number of rotatable bonds is 3. The highest BCUT2D eigenvalue weighted by molar-refractivity contribution is 7.98. The fourth-order valence-corrected chi connectivity index (χ4v) is 2.67. The minimum absolute atomic E-state index is 0.441. The Kier molecular flexibility index (Phi) is 3.92. The lowest BCUT2D eigenvalue weighted by atomic mass is 10.2. The molecule has 0 fully saturated rings. The quantitative estimate of drug-likeness (QED) is 0.675. The van der Waals surface area contributed by atoms with E-state index in [9.17, 15) is 0 Å². The molecule has 2 N–H and O–H groups in total. The largest absolute Gasteiger partial charge is 0.399 e. The van der Waals surface area contributed by atoms with Gasteiger partial charge in [-0.2, -0.15) is 0 Å². The lowest BCUT2D eigenvalue weighted by molar-refractivity contribution is 1.13. The molecular weight excluding hydrogens is 252 g/mol. The van der Waals surface area contributed by atoms with Crippen LogP contribution in [0.3, 0.4) is 0 Å². The number of nitrogens with two attached hydrogens (primary N) is 1. The van der Waals surface area contributed by atoms with Crippen molar-refractivity contribution in [3.63, 3.8) is 0 Å². The summed E-state index contributed by atoms with van der Waals surface area (Å²) in [6.07, 6.45) is 0. The highest BCUT2D eigenvalue weighted by Gasteiger charge is 2.01. The monoisotopic (exact) mass is 264 g/mol. The summed E-state index contributed by atoms with van der Waals surface area (Å²) in [6.45, 7) is 2.09. The average molecular weight is 265 g/mol. The van der Waals surface area contributed by atoms with E-state index < -0.39 is 0 Å². The Morgan fingerprint density at radius 2 is 2.12 bits per heavy atom. The number of anilines is 1. The molecule has 2 nitrogen and oxygen atoms in total. The highest BCUT2D eigenvalue weighted by Crippen LogP contribution is 2.24. The Labute approximate surface area is 110 Å². The molecule has 0 unspecified atom stereocenters. The number of thioether (sulfide) groups is 1. The fraction of sp³-hybridized carbons (Fsp3) is 0.154.